The van der Waals surface area contributed by atoms with Crippen LogP contribution in [0, 0.1) is 17.6 Å². The van der Waals surface area contributed by atoms with Crippen molar-refractivity contribution in [1.29, 1.82) is 0 Å². The van der Waals surface area contributed by atoms with Gasteiger partial charge in [0.25, 0.3) is 0 Å². The third-order valence-electron chi connectivity index (χ3n) is 3.93. The number of nitrogens with one attached hydrogen (secondary N) is 1. The average Bonchev–Trinajstić information content (AvgIpc) is 2.87. The molecule has 0 aromatic heterocycles. The topological polar surface area (TPSA) is 15.3 Å². The first-order valence-electron chi connectivity index (χ1n) is 7.46. The lowest BCUT2D eigenvalue weighted by molar-refractivity contribution is 0.279. The molecule has 0 radical (unpaired) electrons. The lowest BCUT2D eigenvalue weighted by Crippen LogP contribution is -2.32. The minimum atomic E-state index is -0.515. The van der Waals surface area contributed by atoms with Gasteiger partial charge in [0.1, 0.15) is 11.6 Å². The van der Waals surface area contributed by atoms with Gasteiger partial charge in [0.2, 0.25) is 0 Å². The third-order valence-corrected chi connectivity index (χ3v) is 3.93. The summed E-state index contributed by atoms with van der Waals surface area (Å²) in [4.78, 5) is 2.48. The molecule has 0 aliphatic carbocycles. The van der Waals surface area contributed by atoms with Crippen LogP contribution in [0.5, 0.6) is 0 Å². The van der Waals surface area contributed by atoms with Crippen LogP contribution in [0.25, 0.3) is 0 Å². The number of nitrogens with zero attached hydrogens (tertiary/aromatic N) is 1. The summed E-state index contributed by atoms with van der Waals surface area (Å²) in [5, 5.41) is 3.37. The molecular formula is C16H24F2N2. The van der Waals surface area contributed by atoms with Gasteiger partial charge in [-0.3, -0.25) is 0 Å². The highest BCUT2D eigenvalue weighted by molar-refractivity contribution is 5.20. The molecular weight excluding hydrogens is 258 g/mol. The lowest BCUT2D eigenvalue weighted by Gasteiger charge is -2.22. The second-order valence-corrected chi connectivity index (χ2v) is 5.95. The van der Waals surface area contributed by atoms with Crippen LogP contribution in [0.1, 0.15) is 38.3 Å². The summed E-state index contributed by atoms with van der Waals surface area (Å²) in [5.41, 5.74) is 0.663. The second-order valence-electron chi connectivity index (χ2n) is 5.95. The maximum atomic E-state index is 13.2. The standard InChI is InChI=1S/C16H24F2N2/c1-12(11-20-5-3-4-6-20)10-19-13(2)14-7-15(17)9-16(18)8-14/h7-9,12-13,19H,3-6,10-11H2,1-2H3. The Morgan fingerprint density at radius 3 is 2.30 bits per heavy atom. The van der Waals surface area contributed by atoms with E-state index < -0.39 is 11.6 Å². The van der Waals surface area contributed by atoms with E-state index in [0.29, 0.717) is 11.5 Å². The molecule has 0 saturated carbocycles. The van der Waals surface area contributed by atoms with Crippen molar-refractivity contribution in [3.05, 3.63) is 35.4 Å². The lowest BCUT2D eigenvalue weighted by atomic mass is 10.1. The van der Waals surface area contributed by atoms with E-state index in [0.717, 1.165) is 19.2 Å². The Kier molecular flexibility index (Phi) is 5.49. The van der Waals surface area contributed by atoms with Crippen molar-refractivity contribution in [1.82, 2.24) is 10.2 Å². The molecule has 1 aromatic rings. The number of rotatable bonds is 6. The molecule has 2 rings (SSSR count). The molecule has 1 aromatic carbocycles. The van der Waals surface area contributed by atoms with Gasteiger partial charge in [-0.15, -0.1) is 0 Å². The molecule has 1 aliphatic rings. The Hall–Kier alpha value is -1.00. The quantitative estimate of drug-likeness (QED) is 0.861. The fraction of sp³-hybridized carbons (Fsp3) is 0.625. The summed E-state index contributed by atoms with van der Waals surface area (Å²) in [5.74, 6) is -0.494. The second kappa shape index (κ2) is 7.14. The first kappa shape index (κ1) is 15.4. The van der Waals surface area contributed by atoms with Crippen LogP contribution in [0.4, 0.5) is 8.78 Å². The fourth-order valence-corrected chi connectivity index (χ4v) is 2.79. The van der Waals surface area contributed by atoms with Gasteiger partial charge in [-0.2, -0.15) is 0 Å². The van der Waals surface area contributed by atoms with Gasteiger partial charge < -0.3 is 10.2 Å². The monoisotopic (exact) mass is 282 g/mol. The predicted octanol–water partition coefficient (Wildman–Crippen LogP) is 3.35. The van der Waals surface area contributed by atoms with Gasteiger partial charge in [-0.05, 0) is 63.0 Å². The summed E-state index contributed by atoms with van der Waals surface area (Å²) in [6, 6.07) is 3.66. The third kappa shape index (κ3) is 4.53. The zero-order chi connectivity index (χ0) is 14.5. The zero-order valence-electron chi connectivity index (χ0n) is 12.3. The zero-order valence-corrected chi connectivity index (χ0v) is 12.3. The van der Waals surface area contributed by atoms with E-state index in [1.54, 1.807) is 0 Å². The summed E-state index contributed by atoms with van der Waals surface area (Å²) in [7, 11) is 0. The minimum absolute atomic E-state index is 0.0405. The van der Waals surface area contributed by atoms with E-state index in [9.17, 15) is 8.78 Å². The number of benzene rings is 1. The molecule has 0 bridgehead atoms. The maximum Gasteiger partial charge on any atom is 0.126 e. The molecule has 1 N–H and O–H groups in total. The molecule has 1 aliphatic heterocycles. The highest BCUT2D eigenvalue weighted by Crippen LogP contribution is 2.16. The first-order chi connectivity index (χ1) is 9.54. The summed E-state index contributed by atoms with van der Waals surface area (Å²) >= 11 is 0. The van der Waals surface area contributed by atoms with Gasteiger partial charge in [0.05, 0.1) is 0 Å². The van der Waals surface area contributed by atoms with Crippen molar-refractivity contribution in [2.24, 2.45) is 5.92 Å². The van der Waals surface area contributed by atoms with Crippen molar-refractivity contribution < 1.29 is 8.78 Å². The molecule has 0 spiro atoms. The number of hydrogen-bond donors (Lipinski definition) is 1. The summed E-state index contributed by atoms with van der Waals surface area (Å²) < 4.78 is 26.4. The van der Waals surface area contributed by atoms with Gasteiger partial charge >= 0.3 is 0 Å². The summed E-state index contributed by atoms with van der Waals surface area (Å²) in [6.07, 6.45) is 2.61. The molecule has 0 amide bonds. The van der Waals surface area contributed by atoms with E-state index in [1.807, 2.05) is 6.92 Å². The van der Waals surface area contributed by atoms with E-state index in [4.69, 9.17) is 0 Å². The Balaban J connectivity index is 1.80. The van der Waals surface area contributed by atoms with E-state index in [-0.39, 0.29) is 6.04 Å². The van der Waals surface area contributed by atoms with Crippen LogP contribution in [-0.2, 0) is 0 Å². The normalized spacial score (nSPS) is 19.2. The number of likely N-dealkylation sites (tertiary alicyclic amines) is 1. The Labute approximate surface area is 120 Å². The van der Waals surface area contributed by atoms with Crippen molar-refractivity contribution >= 4 is 0 Å². The van der Waals surface area contributed by atoms with Gasteiger partial charge in [0, 0.05) is 18.7 Å². The van der Waals surface area contributed by atoms with E-state index in [2.05, 4.69) is 17.1 Å². The van der Waals surface area contributed by atoms with Crippen LogP contribution < -0.4 is 5.32 Å². The molecule has 1 saturated heterocycles. The Morgan fingerprint density at radius 1 is 1.10 bits per heavy atom. The van der Waals surface area contributed by atoms with Gasteiger partial charge in [-0.1, -0.05) is 6.92 Å². The van der Waals surface area contributed by atoms with Crippen LogP contribution in [0.2, 0.25) is 0 Å². The first-order valence-corrected chi connectivity index (χ1v) is 7.46. The smallest absolute Gasteiger partial charge is 0.126 e. The van der Waals surface area contributed by atoms with Crippen molar-refractivity contribution in [3.63, 3.8) is 0 Å². The molecule has 1 fully saturated rings. The largest absolute Gasteiger partial charge is 0.310 e. The minimum Gasteiger partial charge on any atom is -0.310 e. The van der Waals surface area contributed by atoms with Crippen molar-refractivity contribution in [2.45, 2.75) is 32.7 Å². The molecule has 20 heavy (non-hydrogen) atoms. The molecule has 2 unspecified atom stereocenters. The van der Waals surface area contributed by atoms with Crippen LogP contribution in [-0.4, -0.2) is 31.1 Å². The fourth-order valence-electron chi connectivity index (χ4n) is 2.79. The number of hydrogen-bond acceptors (Lipinski definition) is 2. The molecule has 4 heteroatoms. The average molecular weight is 282 g/mol. The SMILES string of the molecule is CC(CNC(C)c1cc(F)cc(F)c1)CN1CCCC1. The van der Waals surface area contributed by atoms with Crippen LogP contribution in [0.15, 0.2) is 18.2 Å². The van der Waals surface area contributed by atoms with Gasteiger partial charge in [-0.25, -0.2) is 8.78 Å². The molecule has 1 heterocycles. The number of halogens is 2. The molecule has 112 valence electrons. The molecule has 2 atom stereocenters. The molecule has 2 nitrogen and oxygen atoms in total. The summed E-state index contributed by atoms with van der Waals surface area (Å²) in [6.45, 7) is 8.51. The Bertz CT molecular complexity index is 410. The predicted molar refractivity (Wildman–Crippen MR) is 77.6 cm³/mol. The van der Waals surface area contributed by atoms with Crippen LogP contribution in [0.3, 0.4) is 0 Å². The van der Waals surface area contributed by atoms with Crippen molar-refractivity contribution in [3.8, 4) is 0 Å². The maximum absolute atomic E-state index is 13.2. The van der Waals surface area contributed by atoms with Crippen LogP contribution >= 0.6 is 0 Å². The highest BCUT2D eigenvalue weighted by Gasteiger charge is 2.15. The Morgan fingerprint density at radius 2 is 1.70 bits per heavy atom. The van der Waals surface area contributed by atoms with Gasteiger partial charge in [0.15, 0.2) is 0 Å². The van der Waals surface area contributed by atoms with E-state index in [1.165, 1.54) is 38.1 Å². The highest BCUT2D eigenvalue weighted by atomic mass is 19.1. The van der Waals surface area contributed by atoms with E-state index >= 15 is 0 Å². The van der Waals surface area contributed by atoms with Crippen molar-refractivity contribution in [2.75, 3.05) is 26.2 Å².